The SMILES string of the molecule is COc1ccc(/C=C\c2cc(CO)c(CO)c(OC)c2)cc1OP(=O)(OC)OC. The molecule has 8 nitrogen and oxygen atoms in total. The number of phosphoric acid groups is 1. The van der Waals surface area contributed by atoms with Crippen LogP contribution in [0, 0.1) is 0 Å². The Bertz CT molecular complexity index is 876. The van der Waals surface area contributed by atoms with Gasteiger partial charge in [0.1, 0.15) is 5.75 Å². The lowest BCUT2D eigenvalue weighted by Crippen LogP contribution is -1.99. The standard InChI is InChI=1S/C20H25O8P/c1-24-18-8-7-14(10-20(18)28-29(23,26-3)27-4)5-6-15-9-16(12-21)17(13-22)19(11-15)25-2/h5-11,21-22H,12-13H2,1-4H3/b6-5-. The number of aliphatic hydroxyl groups excluding tert-OH is 2. The second-order valence-corrected chi connectivity index (χ2v) is 7.63. The molecule has 0 saturated heterocycles. The van der Waals surface area contributed by atoms with E-state index in [4.69, 9.17) is 23.0 Å². The molecule has 9 heteroatoms. The topological polar surface area (TPSA) is 104 Å². The van der Waals surface area contributed by atoms with Crippen LogP contribution in [-0.2, 0) is 26.8 Å². The van der Waals surface area contributed by atoms with Crippen LogP contribution < -0.4 is 14.0 Å². The lowest BCUT2D eigenvalue weighted by molar-refractivity contribution is 0.208. The summed E-state index contributed by atoms with van der Waals surface area (Å²) in [5.74, 6) is 1.05. The van der Waals surface area contributed by atoms with E-state index in [0.29, 0.717) is 22.6 Å². The van der Waals surface area contributed by atoms with Gasteiger partial charge in [-0.15, -0.1) is 0 Å². The summed E-state index contributed by atoms with van der Waals surface area (Å²) in [7, 11) is 1.67. The van der Waals surface area contributed by atoms with Gasteiger partial charge in [-0.1, -0.05) is 18.2 Å². The third-order valence-corrected chi connectivity index (χ3v) is 5.50. The normalized spacial score (nSPS) is 11.7. The van der Waals surface area contributed by atoms with E-state index >= 15 is 0 Å². The Balaban J connectivity index is 2.38. The van der Waals surface area contributed by atoms with Crippen molar-refractivity contribution >= 4 is 20.0 Å². The molecule has 2 aromatic carbocycles. The van der Waals surface area contributed by atoms with E-state index in [0.717, 1.165) is 11.1 Å². The van der Waals surface area contributed by atoms with Gasteiger partial charge in [-0.2, -0.15) is 0 Å². The molecule has 29 heavy (non-hydrogen) atoms. The van der Waals surface area contributed by atoms with Crippen molar-refractivity contribution < 1.29 is 37.8 Å². The van der Waals surface area contributed by atoms with Gasteiger partial charge in [-0.3, -0.25) is 9.05 Å². The molecule has 0 aliphatic carbocycles. The zero-order valence-corrected chi connectivity index (χ0v) is 17.6. The van der Waals surface area contributed by atoms with Gasteiger partial charge in [0.2, 0.25) is 0 Å². The fourth-order valence-electron chi connectivity index (χ4n) is 2.66. The van der Waals surface area contributed by atoms with Crippen LogP contribution in [0.15, 0.2) is 30.3 Å². The average molecular weight is 424 g/mol. The molecule has 0 saturated carbocycles. The number of hydrogen-bond acceptors (Lipinski definition) is 8. The maximum Gasteiger partial charge on any atom is 0.529 e. The van der Waals surface area contributed by atoms with Crippen LogP contribution in [0.4, 0.5) is 0 Å². The van der Waals surface area contributed by atoms with Gasteiger partial charge >= 0.3 is 7.82 Å². The van der Waals surface area contributed by atoms with Gasteiger partial charge in [-0.05, 0) is 41.0 Å². The Morgan fingerprint density at radius 2 is 1.45 bits per heavy atom. The average Bonchev–Trinajstić information content (AvgIpc) is 2.76. The molecule has 0 radical (unpaired) electrons. The molecule has 2 aromatic rings. The summed E-state index contributed by atoms with van der Waals surface area (Å²) >= 11 is 0. The summed E-state index contributed by atoms with van der Waals surface area (Å²) in [4.78, 5) is 0. The summed E-state index contributed by atoms with van der Waals surface area (Å²) in [6.07, 6.45) is 3.60. The van der Waals surface area contributed by atoms with Gasteiger partial charge in [0.25, 0.3) is 0 Å². The molecule has 0 amide bonds. The van der Waals surface area contributed by atoms with Gasteiger partial charge in [0.15, 0.2) is 11.5 Å². The number of aliphatic hydroxyl groups is 2. The highest BCUT2D eigenvalue weighted by Crippen LogP contribution is 2.50. The summed E-state index contributed by atoms with van der Waals surface area (Å²) in [6, 6.07) is 8.60. The summed E-state index contributed by atoms with van der Waals surface area (Å²) in [6.45, 7) is -0.459. The third-order valence-electron chi connectivity index (χ3n) is 4.19. The Morgan fingerprint density at radius 1 is 0.828 bits per heavy atom. The maximum absolute atomic E-state index is 12.3. The van der Waals surface area contributed by atoms with Crippen molar-refractivity contribution in [2.24, 2.45) is 0 Å². The van der Waals surface area contributed by atoms with Crippen molar-refractivity contribution in [3.8, 4) is 17.2 Å². The second kappa shape index (κ2) is 10.4. The van der Waals surface area contributed by atoms with Crippen molar-refractivity contribution in [3.05, 3.63) is 52.6 Å². The number of rotatable bonds is 10. The summed E-state index contributed by atoms with van der Waals surface area (Å²) in [5.41, 5.74) is 2.62. The van der Waals surface area contributed by atoms with E-state index in [-0.39, 0.29) is 19.0 Å². The van der Waals surface area contributed by atoms with Gasteiger partial charge < -0.3 is 24.2 Å². The summed E-state index contributed by atoms with van der Waals surface area (Å²) < 4.78 is 37.8. The van der Waals surface area contributed by atoms with Crippen LogP contribution in [0.3, 0.4) is 0 Å². The first-order valence-electron chi connectivity index (χ1n) is 8.62. The zero-order chi connectivity index (χ0) is 21.4. The fourth-order valence-corrected chi connectivity index (χ4v) is 3.34. The smallest absolute Gasteiger partial charge is 0.496 e. The number of hydrogen-bond donors (Lipinski definition) is 2. The Morgan fingerprint density at radius 3 is 2.00 bits per heavy atom. The molecule has 0 aliphatic rings. The molecule has 0 aliphatic heterocycles. The molecule has 0 fully saturated rings. The molecule has 2 rings (SSSR count). The minimum absolute atomic E-state index is 0.200. The first kappa shape index (κ1) is 22.9. The third kappa shape index (κ3) is 5.59. The molecule has 2 N–H and O–H groups in total. The van der Waals surface area contributed by atoms with Crippen LogP contribution in [0.2, 0.25) is 0 Å². The molecule has 0 aromatic heterocycles. The quantitative estimate of drug-likeness (QED) is 0.440. The highest BCUT2D eigenvalue weighted by Gasteiger charge is 2.26. The number of ether oxygens (including phenoxy) is 2. The van der Waals surface area contributed by atoms with Gasteiger partial charge in [-0.25, -0.2) is 4.57 Å². The second-order valence-electron chi connectivity index (χ2n) is 5.82. The molecular formula is C20H25O8P. The van der Waals surface area contributed by atoms with E-state index in [1.54, 1.807) is 42.5 Å². The zero-order valence-electron chi connectivity index (χ0n) is 16.7. The van der Waals surface area contributed by atoms with Crippen molar-refractivity contribution in [2.45, 2.75) is 13.2 Å². The monoisotopic (exact) mass is 424 g/mol. The van der Waals surface area contributed by atoms with Crippen LogP contribution in [-0.4, -0.2) is 38.7 Å². The first-order valence-corrected chi connectivity index (χ1v) is 10.1. The maximum atomic E-state index is 12.3. The molecule has 0 unspecified atom stereocenters. The molecule has 0 atom stereocenters. The van der Waals surface area contributed by atoms with Crippen molar-refractivity contribution in [1.82, 2.24) is 0 Å². The number of methoxy groups -OCH3 is 2. The van der Waals surface area contributed by atoms with Gasteiger partial charge in [0, 0.05) is 19.8 Å². The van der Waals surface area contributed by atoms with E-state index in [2.05, 4.69) is 0 Å². The Labute approximate surface area is 169 Å². The molecule has 0 bridgehead atoms. The van der Waals surface area contributed by atoms with Crippen LogP contribution in [0.5, 0.6) is 17.2 Å². The minimum Gasteiger partial charge on any atom is -0.496 e. The van der Waals surface area contributed by atoms with Crippen molar-refractivity contribution in [2.75, 3.05) is 28.4 Å². The van der Waals surface area contributed by atoms with E-state index in [1.165, 1.54) is 28.4 Å². The minimum atomic E-state index is -3.74. The largest absolute Gasteiger partial charge is 0.529 e. The highest BCUT2D eigenvalue weighted by molar-refractivity contribution is 7.48. The molecule has 0 spiro atoms. The Kier molecular flexibility index (Phi) is 8.25. The van der Waals surface area contributed by atoms with Crippen LogP contribution in [0.1, 0.15) is 22.3 Å². The van der Waals surface area contributed by atoms with E-state index in [1.807, 2.05) is 0 Å². The summed E-state index contributed by atoms with van der Waals surface area (Å²) in [5, 5.41) is 19.1. The fraction of sp³-hybridized carbons (Fsp3) is 0.300. The van der Waals surface area contributed by atoms with Crippen molar-refractivity contribution in [3.63, 3.8) is 0 Å². The Hall–Kier alpha value is -2.35. The predicted molar refractivity (Wildman–Crippen MR) is 109 cm³/mol. The van der Waals surface area contributed by atoms with Gasteiger partial charge in [0.05, 0.1) is 27.4 Å². The van der Waals surface area contributed by atoms with Crippen LogP contribution in [0.25, 0.3) is 12.2 Å². The highest BCUT2D eigenvalue weighted by atomic mass is 31.2. The van der Waals surface area contributed by atoms with E-state index in [9.17, 15) is 14.8 Å². The predicted octanol–water partition coefficient (Wildman–Crippen LogP) is 3.64. The first-order chi connectivity index (χ1) is 13.9. The lowest BCUT2D eigenvalue weighted by Gasteiger charge is -2.16. The molecule has 158 valence electrons. The molecule has 0 heterocycles. The molecular weight excluding hydrogens is 399 g/mol. The number of phosphoric ester groups is 1. The van der Waals surface area contributed by atoms with Crippen LogP contribution >= 0.6 is 7.82 Å². The lowest BCUT2D eigenvalue weighted by atomic mass is 10.0. The van der Waals surface area contributed by atoms with Crippen molar-refractivity contribution in [1.29, 1.82) is 0 Å². The van der Waals surface area contributed by atoms with E-state index < -0.39 is 7.82 Å². The number of benzene rings is 2.